The van der Waals surface area contributed by atoms with Crippen LogP contribution in [-0.2, 0) is 30.5 Å². The van der Waals surface area contributed by atoms with Crippen molar-refractivity contribution in [1.29, 1.82) is 0 Å². The fourth-order valence-electron chi connectivity index (χ4n) is 4.14. The van der Waals surface area contributed by atoms with Gasteiger partial charge in [0.1, 0.15) is 16.5 Å². The van der Waals surface area contributed by atoms with Gasteiger partial charge in [0.2, 0.25) is 5.75 Å². The Morgan fingerprint density at radius 3 is 2.25 bits per heavy atom. The molecule has 0 atom stereocenters. The van der Waals surface area contributed by atoms with Gasteiger partial charge in [-0.3, -0.25) is 14.9 Å². The minimum absolute atomic E-state index is 0.0942. The van der Waals surface area contributed by atoms with Crippen molar-refractivity contribution in [2.45, 2.75) is 27.4 Å². The number of nitrogens with zero attached hydrogens (tertiary/aromatic N) is 1. The molecule has 1 N–H and O–H groups in total. The molecule has 0 unspecified atom stereocenters. The summed E-state index contributed by atoms with van der Waals surface area (Å²) in [5, 5.41) is 14.3. The topological polar surface area (TPSA) is 150 Å². The lowest BCUT2D eigenvalue weighted by molar-refractivity contribution is -0.385. The molecule has 4 aromatic rings. The average Bonchev–Trinajstić information content (AvgIpc) is 2.96. The number of nitro benzene ring substituents is 1. The Balaban J connectivity index is 1.39. The van der Waals surface area contributed by atoms with E-state index in [2.05, 4.69) is 5.32 Å². The van der Waals surface area contributed by atoms with Crippen LogP contribution in [0, 0.1) is 28.7 Å². The zero-order valence-electron chi connectivity index (χ0n) is 22.5. The van der Waals surface area contributed by atoms with Gasteiger partial charge in [-0.2, -0.15) is 8.42 Å². The number of carbonyl (C=O) groups is 1. The molecule has 0 aliphatic carbocycles. The highest BCUT2D eigenvalue weighted by Crippen LogP contribution is 2.41. The van der Waals surface area contributed by atoms with Gasteiger partial charge in [-0.05, 0) is 67.1 Å². The van der Waals surface area contributed by atoms with Crippen molar-refractivity contribution in [2.24, 2.45) is 0 Å². The predicted molar refractivity (Wildman–Crippen MR) is 158 cm³/mol. The quantitative estimate of drug-likeness (QED) is 0.104. The number of amides is 1. The third kappa shape index (κ3) is 6.49. The fourth-order valence-corrected chi connectivity index (χ4v) is 7.41. The lowest BCUT2D eigenvalue weighted by Crippen LogP contribution is -2.18. The van der Waals surface area contributed by atoms with Crippen LogP contribution in [0.3, 0.4) is 0 Å². The van der Waals surface area contributed by atoms with Crippen molar-refractivity contribution < 1.29 is 39.5 Å². The standard InChI is InChI=1S/C29H20F2N2O8S3/c1-17-5-8-19(9-6-17)44(39,40)41-26-11-7-18(13-25(26)33(35)36)14-28-29(34)32-24-15-20(10-12-27(24)42-28)43(37,38)16-21-22(30)3-2-4-23(21)31/h2-15H,16H2,1H3,(H,32,34). The monoisotopic (exact) mass is 658 g/mol. The van der Waals surface area contributed by atoms with E-state index in [1.807, 2.05) is 0 Å². The molecule has 1 aliphatic rings. The smallest absolute Gasteiger partial charge is 0.339 e. The van der Waals surface area contributed by atoms with Crippen LogP contribution in [-0.4, -0.2) is 27.7 Å². The van der Waals surface area contributed by atoms with Crippen LogP contribution >= 0.6 is 11.8 Å². The van der Waals surface area contributed by atoms with E-state index in [0.717, 1.165) is 47.7 Å². The zero-order chi connectivity index (χ0) is 31.8. The Hall–Kier alpha value is -4.60. The summed E-state index contributed by atoms with van der Waals surface area (Å²) in [6.07, 6.45) is 1.33. The molecule has 5 rings (SSSR count). The Morgan fingerprint density at radius 1 is 0.932 bits per heavy atom. The van der Waals surface area contributed by atoms with Gasteiger partial charge in [-0.15, -0.1) is 0 Å². The number of thioether (sulfide) groups is 1. The molecule has 0 fully saturated rings. The minimum Gasteiger partial charge on any atom is -0.372 e. The molecule has 0 radical (unpaired) electrons. The molecule has 1 aliphatic heterocycles. The normalized spacial score (nSPS) is 14.2. The van der Waals surface area contributed by atoms with Crippen molar-refractivity contribution >= 4 is 55.1 Å². The first-order valence-corrected chi connectivity index (χ1v) is 16.4. The number of aryl methyl sites for hydroxylation is 1. The summed E-state index contributed by atoms with van der Waals surface area (Å²) in [5.74, 6) is -4.10. The van der Waals surface area contributed by atoms with Crippen LogP contribution in [0.4, 0.5) is 20.2 Å². The van der Waals surface area contributed by atoms with Crippen LogP contribution in [0.2, 0.25) is 0 Å². The largest absolute Gasteiger partial charge is 0.372 e. The van der Waals surface area contributed by atoms with Gasteiger partial charge >= 0.3 is 15.8 Å². The van der Waals surface area contributed by atoms with Crippen LogP contribution < -0.4 is 9.50 Å². The number of nitro groups is 1. The SMILES string of the molecule is Cc1ccc(S(=O)(=O)Oc2ccc(C=C3Sc4ccc(S(=O)(=O)Cc5c(F)cccc5F)cc4NC3=O)cc2[N+](=O)[O-])cc1. The number of halogens is 2. The van der Waals surface area contributed by atoms with E-state index in [1.165, 1.54) is 42.5 Å². The summed E-state index contributed by atoms with van der Waals surface area (Å²) in [5.41, 5.74) is -0.126. The van der Waals surface area contributed by atoms with E-state index in [-0.39, 0.29) is 25.9 Å². The number of hydrogen-bond donors (Lipinski definition) is 1. The number of carbonyl (C=O) groups excluding carboxylic acids is 1. The van der Waals surface area contributed by atoms with Gasteiger partial charge in [-0.1, -0.05) is 41.6 Å². The van der Waals surface area contributed by atoms with Crippen molar-refractivity contribution in [3.63, 3.8) is 0 Å². The maximum atomic E-state index is 14.0. The minimum atomic E-state index is -4.37. The third-order valence-electron chi connectivity index (χ3n) is 6.38. The lowest BCUT2D eigenvalue weighted by atomic mass is 10.1. The van der Waals surface area contributed by atoms with E-state index in [0.29, 0.717) is 4.90 Å². The number of sulfone groups is 1. The van der Waals surface area contributed by atoms with E-state index in [9.17, 15) is 40.5 Å². The highest BCUT2D eigenvalue weighted by atomic mass is 32.2. The molecule has 0 bridgehead atoms. The van der Waals surface area contributed by atoms with Gasteiger partial charge < -0.3 is 9.50 Å². The van der Waals surface area contributed by atoms with Gasteiger partial charge in [0.05, 0.1) is 26.2 Å². The number of fused-ring (bicyclic) bond motifs is 1. The molecule has 10 nitrogen and oxygen atoms in total. The Bertz CT molecular complexity index is 2060. The van der Waals surface area contributed by atoms with Crippen molar-refractivity contribution in [1.82, 2.24) is 0 Å². The molecule has 1 amide bonds. The van der Waals surface area contributed by atoms with E-state index < -0.39 is 65.2 Å². The first-order valence-electron chi connectivity index (χ1n) is 12.5. The van der Waals surface area contributed by atoms with Crippen LogP contribution in [0.15, 0.2) is 98.5 Å². The maximum absolute atomic E-state index is 14.0. The molecule has 4 aromatic carbocycles. The second-order valence-electron chi connectivity index (χ2n) is 9.52. The Kier molecular flexibility index (Phi) is 8.29. The first-order chi connectivity index (χ1) is 20.7. The highest BCUT2D eigenvalue weighted by Gasteiger charge is 2.27. The van der Waals surface area contributed by atoms with Crippen molar-refractivity contribution in [3.8, 4) is 5.75 Å². The van der Waals surface area contributed by atoms with Gasteiger partial charge in [0, 0.05) is 16.5 Å². The van der Waals surface area contributed by atoms with Crippen LogP contribution in [0.1, 0.15) is 16.7 Å². The highest BCUT2D eigenvalue weighted by molar-refractivity contribution is 8.04. The number of rotatable bonds is 8. The zero-order valence-corrected chi connectivity index (χ0v) is 24.9. The summed E-state index contributed by atoms with van der Waals surface area (Å²) in [6, 6.07) is 16.1. The predicted octanol–water partition coefficient (Wildman–Crippen LogP) is 6.01. The number of anilines is 1. The molecule has 0 saturated heterocycles. The molecule has 0 aromatic heterocycles. The van der Waals surface area contributed by atoms with E-state index in [4.69, 9.17) is 4.18 Å². The molecule has 0 spiro atoms. The summed E-state index contributed by atoms with van der Waals surface area (Å²) in [7, 11) is -8.57. The average molecular weight is 659 g/mol. The molecule has 226 valence electrons. The Labute approximate surface area is 254 Å². The number of hydrogen-bond acceptors (Lipinski definition) is 9. The second-order valence-corrected chi connectivity index (χ2v) is 14.1. The third-order valence-corrected chi connectivity index (χ3v) is 10.4. The molecule has 44 heavy (non-hydrogen) atoms. The second kappa shape index (κ2) is 11.8. The molecular formula is C29H20F2N2O8S3. The number of benzene rings is 4. The number of nitrogens with one attached hydrogen (secondary N) is 1. The Morgan fingerprint density at radius 2 is 1.59 bits per heavy atom. The van der Waals surface area contributed by atoms with Gasteiger partial charge in [-0.25, -0.2) is 17.2 Å². The van der Waals surface area contributed by atoms with Crippen LogP contribution in [0.5, 0.6) is 5.75 Å². The van der Waals surface area contributed by atoms with Crippen LogP contribution in [0.25, 0.3) is 6.08 Å². The summed E-state index contributed by atoms with van der Waals surface area (Å²) in [6.45, 7) is 1.76. The summed E-state index contributed by atoms with van der Waals surface area (Å²) in [4.78, 5) is 23.9. The van der Waals surface area contributed by atoms with E-state index in [1.54, 1.807) is 19.1 Å². The summed E-state index contributed by atoms with van der Waals surface area (Å²) < 4.78 is 84.3. The van der Waals surface area contributed by atoms with Gasteiger partial charge in [0.25, 0.3) is 5.91 Å². The summed E-state index contributed by atoms with van der Waals surface area (Å²) >= 11 is 0.952. The maximum Gasteiger partial charge on any atom is 0.339 e. The molecule has 1 heterocycles. The molecular weight excluding hydrogens is 639 g/mol. The molecule has 0 saturated carbocycles. The van der Waals surface area contributed by atoms with Gasteiger partial charge in [0.15, 0.2) is 9.84 Å². The fraction of sp³-hybridized carbons (Fsp3) is 0.0690. The molecule has 15 heteroatoms. The van der Waals surface area contributed by atoms with Crippen molar-refractivity contribution in [3.05, 3.63) is 122 Å². The first kappa shape index (κ1) is 30.8. The van der Waals surface area contributed by atoms with E-state index >= 15 is 0 Å². The van der Waals surface area contributed by atoms with Crippen molar-refractivity contribution in [2.75, 3.05) is 5.32 Å². The lowest BCUT2D eigenvalue weighted by Gasteiger charge is -2.19.